The molecule has 2 N–H and O–H groups in total. The van der Waals surface area contributed by atoms with Gasteiger partial charge in [0.05, 0.1) is 5.56 Å². The number of primary amides is 1. The van der Waals surface area contributed by atoms with Crippen LogP contribution in [0.25, 0.3) is 0 Å². The third-order valence-corrected chi connectivity index (χ3v) is 6.94. The van der Waals surface area contributed by atoms with Crippen LogP contribution in [0, 0.1) is 13.8 Å². The molecule has 2 unspecified atom stereocenters. The Balaban J connectivity index is 1.44. The molecule has 2 aliphatic heterocycles. The Bertz CT molecular complexity index is 1100. The van der Waals surface area contributed by atoms with Gasteiger partial charge in [-0.05, 0) is 62.1 Å². The van der Waals surface area contributed by atoms with Crippen molar-refractivity contribution in [2.75, 3.05) is 19.7 Å². The number of likely N-dealkylation sites (tertiary alicyclic amines) is 2. The van der Waals surface area contributed by atoms with Crippen molar-refractivity contribution in [3.63, 3.8) is 0 Å². The van der Waals surface area contributed by atoms with Crippen molar-refractivity contribution in [1.29, 1.82) is 0 Å². The van der Waals surface area contributed by atoms with E-state index in [0.717, 1.165) is 35.4 Å². The molecule has 182 valence electrons. The second kappa shape index (κ2) is 8.90. The fourth-order valence-electron chi connectivity index (χ4n) is 5.03. The van der Waals surface area contributed by atoms with E-state index >= 15 is 0 Å². The number of carbonyl (C=O) groups excluding carboxylic acids is 2. The summed E-state index contributed by atoms with van der Waals surface area (Å²) in [6.45, 7) is 7.11. The van der Waals surface area contributed by atoms with Crippen molar-refractivity contribution >= 4 is 11.8 Å². The fourth-order valence-corrected chi connectivity index (χ4v) is 5.03. The van der Waals surface area contributed by atoms with Crippen molar-refractivity contribution in [3.05, 3.63) is 58.4 Å². The van der Waals surface area contributed by atoms with E-state index < -0.39 is 17.8 Å². The maximum Gasteiger partial charge on any atom is 0.433 e. The molecule has 2 aliphatic rings. The Hall–Kier alpha value is -3.14. The minimum absolute atomic E-state index is 0.00168. The third-order valence-electron chi connectivity index (χ3n) is 6.94. The monoisotopic (exact) mass is 476 g/mol. The predicted octanol–water partition coefficient (Wildman–Crippen LogP) is 3.24. The van der Waals surface area contributed by atoms with Crippen LogP contribution in [0.15, 0.2) is 30.5 Å². The van der Waals surface area contributed by atoms with Gasteiger partial charge in [0.2, 0.25) is 0 Å². The van der Waals surface area contributed by atoms with Crippen LogP contribution < -0.4 is 10.5 Å². The molecule has 10 heteroatoms. The van der Waals surface area contributed by atoms with Gasteiger partial charge in [-0.25, -0.2) is 0 Å². The number of ether oxygens (including phenoxy) is 1. The van der Waals surface area contributed by atoms with E-state index in [1.54, 1.807) is 4.90 Å². The summed E-state index contributed by atoms with van der Waals surface area (Å²) in [5.41, 5.74) is 7.48. The van der Waals surface area contributed by atoms with E-state index in [4.69, 9.17) is 10.5 Å². The molecule has 0 radical (unpaired) electrons. The predicted molar refractivity (Wildman–Crippen MR) is 118 cm³/mol. The highest BCUT2D eigenvalue weighted by Crippen LogP contribution is 2.39. The molecule has 2 fully saturated rings. The topological polar surface area (TPSA) is 88.8 Å². The van der Waals surface area contributed by atoms with Crippen LogP contribution in [-0.2, 0) is 11.0 Å². The van der Waals surface area contributed by atoms with E-state index in [-0.39, 0.29) is 36.2 Å². The standard InChI is InChI=1S/C24H27F3N4O3/c1-13-14(2)20(34-12-22(28)32)6-5-19(13)15(3)30-10-18-8-17(30)11-31(18)23(33)16-4-7-21(29-9-16)24(25,26)27/h4-7,9,15,17-18H,8,10-12H2,1-3H3,(H2,28,32)/t15-,17?,18?/m0/s1. The zero-order valence-corrected chi connectivity index (χ0v) is 19.2. The molecule has 2 bridgehead atoms. The van der Waals surface area contributed by atoms with Gasteiger partial charge in [-0.15, -0.1) is 0 Å². The minimum Gasteiger partial charge on any atom is -0.484 e. The first-order valence-corrected chi connectivity index (χ1v) is 11.1. The maximum absolute atomic E-state index is 12.9. The largest absolute Gasteiger partial charge is 0.484 e. The first kappa shape index (κ1) is 24.0. The van der Waals surface area contributed by atoms with Gasteiger partial charge < -0.3 is 15.4 Å². The fraction of sp³-hybridized carbons (Fsp3) is 0.458. The van der Waals surface area contributed by atoms with Gasteiger partial charge in [0.1, 0.15) is 11.4 Å². The lowest BCUT2D eigenvalue weighted by Crippen LogP contribution is -2.49. The van der Waals surface area contributed by atoms with Crippen molar-refractivity contribution < 1.29 is 27.5 Å². The van der Waals surface area contributed by atoms with Gasteiger partial charge in [-0.1, -0.05) is 6.07 Å². The number of benzene rings is 1. The summed E-state index contributed by atoms with van der Waals surface area (Å²) in [6.07, 6.45) is -2.71. The van der Waals surface area contributed by atoms with Crippen LogP contribution in [0.1, 0.15) is 52.1 Å². The minimum atomic E-state index is -4.53. The number of carbonyl (C=O) groups is 2. The number of aromatic nitrogens is 1. The molecule has 3 heterocycles. The number of nitrogens with zero attached hydrogens (tertiary/aromatic N) is 3. The number of piperazine rings is 1. The molecule has 1 aromatic heterocycles. The van der Waals surface area contributed by atoms with Gasteiger partial charge in [-0.3, -0.25) is 19.5 Å². The molecule has 7 nitrogen and oxygen atoms in total. The molecule has 2 aromatic rings. The Morgan fingerprint density at radius 3 is 2.44 bits per heavy atom. The lowest BCUT2D eigenvalue weighted by atomic mass is 9.96. The molecule has 0 aliphatic carbocycles. The van der Waals surface area contributed by atoms with Gasteiger partial charge >= 0.3 is 6.18 Å². The number of pyridine rings is 1. The van der Waals surface area contributed by atoms with E-state index in [0.29, 0.717) is 18.8 Å². The van der Waals surface area contributed by atoms with Crippen LogP contribution >= 0.6 is 0 Å². The average molecular weight is 476 g/mol. The number of fused-ring (bicyclic) bond motifs is 2. The van der Waals surface area contributed by atoms with Crippen molar-refractivity contribution in [2.45, 2.75) is 51.5 Å². The maximum atomic E-state index is 12.9. The van der Waals surface area contributed by atoms with Gasteiger partial charge in [-0.2, -0.15) is 13.2 Å². The number of hydrogen-bond donors (Lipinski definition) is 1. The Morgan fingerprint density at radius 1 is 1.15 bits per heavy atom. The molecule has 2 saturated heterocycles. The van der Waals surface area contributed by atoms with E-state index in [9.17, 15) is 22.8 Å². The van der Waals surface area contributed by atoms with Gasteiger partial charge in [0.25, 0.3) is 11.8 Å². The number of nitrogens with two attached hydrogens (primary N) is 1. The lowest BCUT2D eigenvalue weighted by Gasteiger charge is -2.38. The summed E-state index contributed by atoms with van der Waals surface area (Å²) in [5.74, 6) is -0.199. The molecule has 1 aromatic carbocycles. The normalized spacial score (nSPS) is 21.1. The Labute approximate surface area is 195 Å². The van der Waals surface area contributed by atoms with E-state index in [2.05, 4.69) is 16.8 Å². The summed E-state index contributed by atoms with van der Waals surface area (Å²) < 4.78 is 43.8. The van der Waals surface area contributed by atoms with Crippen LogP contribution in [0.4, 0.5) is 13.2 Å². The van der Waals surface area contributed by atoms with Gasteiger partial charge in [0.15, 0.2) is 6.61 Å². The number of rotatable bonds is 6. The Kier molecular flexibility index (Phi) is 6.28. The second-order valence-corrected chi connectivity index (χ2v) is 8.96. The molecule has 3 atom stereocenters. The van der Waals surface area contributed by atoms with E-state index in [1.165, 1.54) is 6.07 Å². The molecule has 2 amide bonds. The summed E-state index contributed by atoms with van der Waals surface area (Å²) in [7, 11) is 0. The summed E-state index contributed by atoms with van der Waals surface area (Å²) in [6, 6.07) is 6.14. The highest BCUT2D eigenvalue weighted by molar-refractivity contribution is 5.94. The average Bonchev–Trinajstić information content (AvgIpc) is 3.40. The number of alkyl halides is 3. The molecular formula is C24H27F3N4O3. The summed E-state index contributed by atoms with van der Waals surface area (Å²) in [5, 5.41) is 0. The smallest absolute Gasteiger partial charge is 0.433 e. The first-order chi connectivity index (χ1) is 16.0. The number of halogens is 3. The SMILES string of the molecule is Cc1c(OCC(N)=O)ccc([C@H](C)N2CC3CC2CN3C(=O)c2ccc(C(F)(F)F)nc2)c1C. The van der Waals surface area contributed by atoms with Crippen LogP contribution in [0.2, 0.25) is 0 Å². The van der Waals surface area contributed by atoms with Gasteiger partial charge in [0, 0.05) is 37.4 Å². The molecular weight excluding hydrogens is 449 g/mol. The Morgan fingerprint density at radius 2 is 1.88 bits per heavy atom. The highest BCUT2D eigenvalue weighted by Gasteiger charge is 2.47. The van der Waals surface area contributed by atoms with Crippen molar-refractivity contribution in [1.82, 2.24) is 14.8 Å². The van der Waals surface area contributed by atoms with Crippen molar-refractivity contribution in [3.8, 4) is 5.75 Å². The summed E-state index contributed by atoms with van der Waals surface area (Å²) in [4.78, 5) is 31.5. The van der Waals surface area contributed by atoms with Crippen LogP contribution in [0.3, 0.4) is 0 Å². The lowest BCUT2D eigenvalue weighted by molar-refractivity contribution is -0.141. The molecule has 34 heavy (non-hydrogen) atoms. The molecule has 4 rings (SSSR count). The van der Waals surface area contributed by atoms with E-state index in [1.807, 2.05) is 26.0 Å². The van der Waals surface area contributed by atoms with Crippen LogP contribution in [0.5, 0.6) is 5.75 Å². The third kappa shape index (κ3) is 4.46. The molecule has 0 spiro atoms. The summed E-state index contributed by atoms with van der Waals surface area (Å²) >= 11 is 0. The highest BCUT2D eigenvalue weighted by atomic mass is 19.4. The van der Waals surface area contributed by atoms with Crippen LogP contribution in [-0.4, -0.2) is 58.4 Å². The molecule has 0 saturated carbocycles. The first-order valence-electron chi connectivity index (χ1n) is 11.1. The van der Waals surface area contributed by atoms with Crippen molar-refractivity contribution in [2.24, 2.45) is 5.73 Å². The zero-order valence-electron chi connectivity index (χ0n) is 19.2. The second-order valence-electron chi connectivity index (χ2n) is 8.96. The quantitative estimate of drug-likeness (QED) is 0.692. The number of hydrogen-bond acceptors (Lipinski definition) is 5. The zero-order chi connectivity index (χ0) is 24.8. The number of amides is 2.